The largest absolute Gasteiger partial charge is 0.466 e. The number of carbonyl (C=O) groups is 2. The van der Waals surface area contributed by atoms with Crippen LogP contribution in [0.25, 0.3) is 0 Å². The minimum absolute atomic E-state index is 0.0786. The van der Waals surface area contributed by atoms with Gasteiger partial charge >= 0.3 is 5.97 Å². The molecule has 1 fully saturated rings. The summed E-state index contributed by atoms with van der Waals surface area (Å²) in [7, 11) is 1.29. The van der Waals surface area contributed by atoms with Gasteiger partial charge in [0.05, 0.1) is 24.0 Å². The second-order valence-electron chi connectivity index (χ2n) is 1.87. The number of rotatable bonds is 1. The average molecular weight is 173 g/mol. The van der Waals surface area contributed by atoms with E-state index in [1.54, 1.807) is 0 Å². The van der Waals surface area contributed by atoms with Crippen molar-refractivity contribution in [3.05, 3.63) is 11.1 Å². The molecule has 0 aliphatic carbocycles. The molecule has 60 valence electrons. The van der Waals surface area contributed by atoms with Gasteiger partial charge in [0.15, 0.2) is 0 Å². The fraction of sp³-hybridized carbons (Fsp3) is 0.333. The molecule has 0 spiro atoms. The maximum Gasteiger partial charge on any atom is 0.333 e. The lowest BCUT2D eigenvalue weighted by Gasteiger charge is -1.93. The summed E-state index contributed by atoms with van der Waals surface area (Å²) in [4.78, 5) is 21.2. The normalized spacial score (nSPS) is 20.1. The molecular formula is C6H7NO3S. The summed E-state index contributed by atoms with van der Waals surface area (Å²) in [5, 5.41) is 3.06. The van der Waals surface area contributed by atoms with Crippen molar-refractivity contribution >= 4 is 23.6 Å². The molecule has 5 heteroatoms. The molecule has 1 saturated heterocycles. The fourth-order valence-electron chi connectivity index (χ4n) is 0.597. The molecule has 11 heavy (non-hydrogen) atoms. The lowest BCUT2D eigenvalue weighted by atomic mass is 10.6. The molecule has 1 amide bonds. The van der Waals surface area contributed by atoms with Crippen molar-refractivity contribution in [3.63, 3.8) is 0 Å². The Morgan fingerprint density at radius 3 is 3.00 bits per heavy atom. The summed E-state index contributed by atoms with van der Waals surface area (Å²) in [5.41, 5.74) is 0. The Morgan fingerprint density at radius 2 is 2.55 bits per heavy atom. The highest BCUT2D eigenvalue weighted by Crippen LogP contribution is 2.17. The van der Waals surface area contributed by atoms with Gasteiger partial charge in [-0.15, -0.1) is 0 Å². The van der Waals surface area contributed by atoms with Crippen LogP contribution in [0.3, 0.4) is 0 Å². The quantitative estimate of drug-likeness (QED) is 0.443. The van der Waals surface area contributed by atoms with Crippen LogP contribution in [0.4, 0.5) is 0 Å². The molecule has 0 atom stereocenters. The third kappa shape index (κ3) is 2.27. The number of esters is 1. The number of amides is 1. The molecule has 1 aliphatic heterocycles. The van der Waals surface area contributed by atoms with Crippen molar-refractivity contribution in [2.75, 3.05) is 12.9 Å². The van der Waals surface area contributed by atoms with Crippen molar-refractivity contribution in [2.24, 2.45) is 0 Å². The van der Waals surface area contributed by atoms with Gasteiger partial charge < -0.3 is 10.1 Å². The Balaban J connectivity index is 2.54. The first-order valence-corrected chi connectivity index (χ1v) is 3.93. The van der Waals surface area contributed by atoms with E-state index in [1.165, 1.54) is 24.9 Å². The SMILES string of the molecule is COC(=O)C=C1NC(=O)CS1. The van der Waals surface area contributed by atoms with Gasteiger partial charge in [0.1, 0.15) is 0 Å². The molecule has 1 aliphatic rings. The number of hydrogen-bond donors (Lipinski definition) is 1. The summed E-state index contributed by atoms with van der Waals surface area (Å²) < 4.78 is 4.37. The van der Waals surface area contributed by atoms with Gasteiger partial charge in [-0.1, -0.05) is 11.8 Å². The van der Waals surface area contributed by atoms with Crippen LogP contribution in [-0.2, 0) is 14.3 Å². The van der Waals surface area contributed by atoms with Gasteiger partial charge in [-0.25, -0.2) is 4.79 Å². The minimum atomic E-state index is -0.449. The van der Waals surface area contributed by atoms with E-state index < -0.39 is 5.97 Å². The van der Waals surface area contributed by atoms with Gasteiger partial charge in [0.25, 0.3) is 0 Å². The summed E-state index contributed by atoms with van der Waals surface area (Å²) in [6, 6.07) is 0. The van der Waals surface area contributed by atoms with Crippen molar-refractivity contribution < 1.29 is 14.3 Å². The standard InChI is InChI=1S/C6H7NO3S/c1-10-6(9)2-5-7-4(8)3-11-5/h2H,3H2,1H3,(H,7,8). The maximum atomic E-state index is 10.6. The van der Waals surface area contributed by atoms with Crippen molar-refractivity contribution in [2.45, 2.75) is 0 Å². The Hall–Kier alpha value is -0.970. The number of thioether (sulfide) groups is 1. The van der Waals surface area contributed by atoms with Crippen LogP contribution in [-0.4, -0.2) is 24.7 Å². The highest BCUT2D eigenvalue weighted by atomic mass is 32.2. The van der Waals surface area contributed by atoms with Gasteiger partial charge in [-0.05, 0) is 0 Å². The monoisotopic (exact) mass is 173 g/mol. The first kappa shape index (κ1) is 8.13. The Morgan fingerprint density at radius 1 is 1.82 bits per heavy atom. The van der Waals surface area contributed by atoms with E-state index in [2.05, 4.69) is 10.1 Å². The lowest BCUT2D eigenvalue weighted by Crippen LogP contribution is -2.14. The average Bonchev–Trinajstić information content (AvgIpc) is 2.35. The summed E-state index contributed by atoms with van der Waals surface area (Å²) in [6.45, 7) is 0. The van der Waals surface area contributed by atoms with Crippen LogP contribution < -0.4 is 5.32 Å². The van der Waals surface area contributed by atoms with Gasteiger partial charge in [0, 0.05) is 0 Å². The van der Waals surface area contributed by atoms with E-state index in [-0.39, 0.29) is 5.91 Å². The first-order valence-electron chi connectivity index (χ1n) is 2.94. The summed E-state index contributed by atoms with van der Waals surface area (Å²) in [6.07, 6.45) is 1.26. The third-order valence-electron chi connectivity index (χ3n) is 1.07. The van der Waals surface area contributed by atoms with E-state index in [4.69, 9.17) is 0 Å². The fourth-order valence-corrected chi connectivity index (χ4v) is 1.32. The Kier molecular flexibility index (Phi) is 2.53. The van der Waals surface area contributed by atoms with Crippen molar-refractivity contribution in [1.29, 1.82) is 0 Å². The summed E-state index contributed by atoms with van der Waals surface area (Å²) >= 11 is 1.29. The number of nitrogens with one attached hydrogen (secondary N) is 1. The molecule has 0 aromatic carbocycles. The molecule has 0 saturated carbocycles. The molecule has 0 radical (unpaired) electrons. The molecule has 4 nitrogen and oxygen atoms in total. The van der Waals surface area contributed by atoms with Crippen LogP contribution >= 0.6 is 11.8 Å². The maximum absolute atomic E-state index is 10.6. The van der Waals surface area contributed by atoms with Gasteiger partial charge in [-0.2, -0.15) is 0 Å². The van der Waals surface area contributed by atoms with Crippen LogP contribution in [0.5, 0.6) is 0 Å². The predicted molar refractivity (Wildman–Crippen MR) is 40.7 cm³/mol. The van der Waals surface area contributed by atoms with Crippen LogP contribution in [0, 0.1) is 0 Å². The van der Waals surface area contributed by atoms with Crippen LogP contribution in [0.15, 0.2) is 11.1 Å². The molecule has 0 bridgehead atoms. The van der Waals surface area contributed by atoms with Crippen molar-refractivity contribution in [1.82, 2.24) is 5.32 Å². The predicted octanol–water partition coefficient (Wildman–Crippen LogP) is -0.136. The van der Waals surface area contributed by atoms with E-state index in [0.29, 0.717) is 10.8 Å². The zero-order valence-electron chi connectivity index (χ0n) is 5.92. The lowest BCUT2D eigenvalue weighted by molar-refractivity contribution is -0.134. The zero-order valence-corrected chi connectivity index (χ0v) is 6.73. The van der Waals surface area contributed by atoms with E-state index >= 15 is 0 Å². The van der Waals surface area contributed by atoms with Crippen LogP contribution in [0.1, 0.15) is 0 Å². The highest BCUT2D eigenvalue weighted by Gasteiger charge is 2.15. The second-order valence-corrected chi connectivity index (χ2v) is 2.89. The molecule has 1 N–H and O–H groups in total. The van der Waals surface area contributed by atoms with Crippen molar-refractivity contribution in [3.8, 4) is 0 Å². The molecule has 1 rings (SSSR count). The number of ether oxygens (including phenoxy) is 1. The Bertz CT molecular complexity index is 224. The molecule has 1 heterocycles. The topological polar surface area (TPSA) is 55.4 Å². The van der Waals surface area contributed by atoms with Crippen LogP contribution in [0.2, 0.25) is 0 Å². The molecule has 0 aromatic rings. The Labute approximate surface area is 68.0 Å². The molecule has 0 unspecified atom stereocenters. The smallest absolute Gasteiger partial charge is 0.333 e. The summed E-state index contributed by atoms with van der Waals surface area (Å²) in [5.74, 6) is -0.150. The number of methoxy groups -OCH3 is 1. The third-order valence-corrected chi connectivity index (χ3v) is 2.01. The number of carbonyl (C=O) groups excluding carboxylic acids is 2. The van der Waals surface area contributed by atoms with E-state index in [1.807, 2.05) is 0 Å². The minimum Gasteiger partial charge on any atom is -0.466 e. The van der Waals surface area contributed by atoms with E-state index in [9.17, 15) is 9.59 Å². The first-order chi connectivity index (χ1) is 5.22. The zero-order chi connectivity index (χ0) is 8.27. The van der Waals surface area contributed by atoms with Gasteiger partial charge in [-0.3, -0.25) is 4.79 Å². The number of hydrogen-bond acceptors (Lipinski definition) is 4. The molecular weight excluding hydrogens is 166 g/mol. The highest BCUT2D eigenvalue weighted by molar-refractivity contribution is 8.04. The van der Waals surface area contributed by atoms with E-state index in [0.717, 1.165) is 0 Å². The molecule has 0 aromatic heterocycles. The van der Waals surface area contributed by atoms with Gasteiger partial charge in [0.2, 0.25) is 5.91 Å². The second kappa shape index (κ2) is 3.43.